The fourth-order valence-electron chi connectivity index (χ4n) is 0.646. The van der Waals surface area contributed by atoms with Crippen LogP contribution in [0.15, 0.2) is 24.3 Å². The molecule has 4 nitrogen and oxygen atoms in total. The third-order valence-electron chi connectivity index (χ3n) is 1.12. The molecule has 0 aliphatic rings. The molecule has 3 N–H and O–H groups in total. The number of rotatable bonds is 1. The van der Waals surface area contributed by atoms with Gasteiger partial charge >= 0.3 is 18.9 Å². The van der Waals surface area contributed by atoms with Gasteiger partial charge in [0.1, 0.15) is 5.75 Å². The van der Waals surface area contributed by atoms with Crippen molar-refractivity contribution in [1.29, 1.82) is 0 Å². The number of para-hydroxylation sites is 1. The summed E-state index contributed by atoms with van der Waals surface area (Å²) in [6, 6.07) is 5.64. The van der Waals surface area contributed by atoms with Crippen LogP contribution in [0.2, 0.25) is 0 Å². The molecule has 0 unspecified atom stereocenters. The molecule has 0 fully saturated rings. The number of hydrogen-bond donors (Lipinski definition) is 1. The van der Waals surface area contributed by atoms with E-state index in [0.29, 0.717) is 0 Å². The van der Waals surface area contributed by atoms with Crippen molar-refractivity contribution in [3.05, 3.63) is 29.8 Å². The minimum atomic E-state index is -1.36. The van der Waals surface area contributed by atoms with Gasteiger partial charge < -0.3 is 20.5 Å². The molecule has 0 bridgehead atoms. The van der Waals surface area contributed by atoms with Crippen molar-refractivity contribution in [3.63, 3.8) is 0 Å². The Labute approximate surface area is 81.3 Å². The third-order valence-corrected chi connectivity index (χ3v) is 1.12. The molecule has 0 spiro atoms. The largest absolute Gasteiger partial charge is 1.00 e. The summed E-state index contributed by atoms with van der Waals surface area (Å²) in [6.45, 7) is 0. The Hall–Kier alpha value is -0.953. The van der Waals surface area contributed by atoms with Crippen LogP contribution in [0.5, 0.6) is 5.75 Å². The van der Waals surface area contributed by atoms with Crippen LogP contribution in [0.4, 0.5) is 0 Å². The summed E-state index contributed by atoms with van der Waals surface area (Å²) in [5, 5.41) is 19.0. The van der Waals surface area contributed by atoms with Gasteiger partial charge in [0, 0.05) is 5.56 Å². The summed E-state index contributed by atoms with van der Waals surface area (Å²) in [6.07, 6.45) is 0. The summed E-state index contributed by atoms with van der Waals surface area (Å²) in [7, 11) is 0. The van der Waals surface area contributed by atoms with Crippen LogP contribution < -0.4 is 24.0 Å². The number of carbonyl (C=O) groups is 1. The molecular weight excluding hydrogens is 155 g/mol. The molecular formula is C7H7LiO4. The summed E-state index contributed by atoms with van der Waals surface area (Å²) >= 11 is 0. The molecule has 0 radical (unpaired) electrons. The maximum Gasteiger partial charge on any atom is 1.00 e. The molecule has 0 saturated carbocycles. The summed E-state index contributed by atoms with van der Waals surface area (Å²) in [5.41, 5.74) is -0.178. The monoisotopic (exact) mass is 162 g/mol. The second-order valence-electron chi connectivity index (χ2n) is 1.80. The second kappa shape index (κ2) is 5.67. The van der Waals surface area contributed by atoms with E-state index in [1.807, 2.05) is 0 Å². The maximum atomic E-state index is 10.2. The van der Waals surface area contributed by atoms with Gasteiger partial charge in [-0.15, -0.1) is 0 Å². The molecule has 0 aromatic heterocycles. The normalized spacial score (nSPS) is 7.67. The minimum absolute atomic E-state index is 0. The van der Waals surface area contributed by atoms with Crippen LogP contribution >= 0.6 is 0 Å². The van der Waals surface area contributed by atoms with Gasteiger partial charge in [0.25, 0.3) is 0 Å². The minimum Gasteiger partial charge on any atom is -0.545 e. The van der Waals surface area contributed by atoms with Crippen LogP contribution in [0.1, 0.15) is 10.4 Å². The zero-order valence-electron chi connectivity index (χ0n) is 6.57. The number of carboxylic acid groups (broad SMARTS) is 1. The first-order chi connectivity index (χ1) is 4.72. The van der Waals surface area contributed by atoms with Gasteiger partial charge in [-0.2, -0.15) is 0 Å². The zero-order valence-corrected chi connectivity index (χ0v) is 6.57. The topological polar surface area (TPSA) is 91.9 Å². The molecule has 0 amide bonds. The number of hydrogen-bond acceptors (Lipinski definition) is 3. The van der Waals surface area contributed by atoms with Crippen LogP contribution in [0.3, 0.4) is 0 Å². The standard InChI is InChI=1S/C7H6O3.Li.H2O/c8-6-4-2-1-3-5(6)7(9)10;;/h1-4,8H,(H,9,10);;1H2/q;+1;/p-1. The fraction of sp³-hybridized carbons (Fsp3) is 0. The van der Waals surface area contributed by atoms with Crippen molar-refractivity contribution in [1.82, 2.24) is 0 Å². The number of carbonyl (C=O) groups excluding carboxylic acids is 1. The molecule has 0 saturated heterocycles. The number of phenols is 1. The van der Waals surface area contributed by atoms with Crippen LogP contribution in [-0.4, -0.2) is 16.6 Å². The van der Waals surface area contributed by atoms with Crippen molar-refractivity contribution < 1.29 is 39.3 Å². The van der Waals surface area contributed by atoms with Gasteiger partial charge in [0.15, 0.2) is 0 Å². The number of carboxylic acids is 1. The van der Waals surface area contributed by atoms with Gasteiger partial charge in [-0.3, -0.25) is 0 Å². The van der Waals surface area contributed by atoms with Gasteiger partial charge in [-0.25, -0.2) is 0 Å². The Kier molecular flexibility index (Phi) is 6.43. The third kappa shape index (κ3) is 2.97. The fourth-order valence-corrected chi connectivity index (χ4v) is 0.646. The van der Waals surface area contributed by atoms with E-state index < -0.39 is 5.97 Å². The van der Waals surface area contributed by atoms with E-state index >= 15 is 0 Å². The maximum absolute atomic E-state index is 10.2. The van der Waals surface area contributed by atoms with E-state index in [0.717, 1.165) is 0 Å². The molecule has 0 aliphatic carbocycles. The quantitative estimate of drug-likeness (QED) is 0.426. The summed E-state index contributed by atoms with van der Waals surface area (Å²) < 4.78 is 0. The summed E-state index contributed by atoms with van der Waals surface area (Å²) in [4.78, 5) is 10.2. The average Bonchev–Trinajstić information content (AvgIpc) is 1.88. The molecule has 0 aliphatic heterocycles. The van der Waals surface area contributed by atoms with Crippen molar-refractivity contribution in [2.24, 2.45) is 0 Å². The molecule has 1 rings (SSSR count). The smallest absolute Gasteiger partial charge is 0.545 e. The number of aromatic carboxylic acids is 1. The molecule has 1 aromatic rings. The van der Waals surface area contributed by atoms with Crippen molar-refractivity contribution in [2.45, 2.75) is 0 Å². The first kappa shape index (κ1) is 13.6. The Balaban J connectivity index is 0. The van der Waals surface area contributed by atoms with Crippen LogP contribution in [0.25, 0.3) is 0 Å². The van der Waals surface area contributed by atoms with E-state index in [1.165, 1.54) is 18.2 Å². The van der Waals surface area contributed by atoms with Gasteiger partial charge in [-0.05, 0) is 12.1 Å². The van der Waals surface area contributed by atoms with Gasteiger partial charge in [0.05, 0.1) is 5.97 Å². The first-order valence-electron chi connectivity index (χ1n) is 2.71. The summed E-state index contributed by atoms with van der Waals surface area (Å²) in [5.74, 6) is -1.62. The molecule has 0 atom stereocenters. The van der Waals surface area contributed by atoms with Gasteiger partial charge in [-0.1, -0.05) is 12.1 Å². The Bertz CT molecular complexity index is 261. The van der Waals surface area contributed by atoms with E-state index in [4.69, 9.17) is 5.11 Å². The molecule has 60 valence electrons. The van der Waals surface area contributed by atoms with E-state index in [9.17, 15) is 9.90 Å². The Morgan fingerprint density at radius 1 is 1.33 bits per heavy atom. The Morgan fingerprint density at radius 2 is 1.83 bits per heavy atom. The van der Waals surface area contributed by atoms with Crippen LogP contribution in [0, 0.1) is 0 Å². The van der Waals surface area contributed by atoms with E-state index in [2.05, 4.69) is 0 Å². The SMILES string of the molecule is O.O=C([O-])c1ccccc1O.[Li+]. The second-order valence-corrected chi connectivity index (χ2v) is 1.80. The predicted octanol–water partition coefficient (Wildman–Crippen LogP) is -4.06. The van der Waals surface area contributed by atoms with Crippen molar-refractivity contribution in [3.8, 4) is 5.75 Å². The van der Waals surface area contributed by atoms with E-state index in [-0.39, 0.29) is 35.6 Å². The molecule has 0 heterocycles. The van der Waals surface area contributed by atoms with Crippen molar-refractivity contribution >= 4 is 5.97 Å². The van der Waals surface area contributed by atoms with Crippen molar-refractivity contribution in [2.75, 3.05) is 0 Å². The van der Waals surface area contributed by atoms with Crippen LogP contribution in [-0.2, 0) is 0 Å². The predicted molar refractivity (Wildman–Crippen MR) is 36.1 cm³/mol. The molecule has 1 aromatic carbocycles. The zero-order chi connectivity index (χ0) is 7.56. The average molecular weight is 162 g/mol. The number of aromatic hydroxyl groups is 1. The van der Waals surface area contributed by atoms with E-state index in [1.54, 1.807) is 6.07 Å². The molecule has 12 heavy (non-hydrogen) atoms. The first-order valence-corrected chi connectivity index (χ1v) is 2.71. The van der Waals surface area contributed by atoms with Gasteiger partial charge in [0.2, 0.25) is 0 Å². The number of benzene rings is 1. The molecule has 5 heteroatoms. The Morgan fingerprint density at radius 3 is 2.17 bits per heavy atom.